The number of benzene rings is 3. The molecule has 0 aliphatic heterocycles. The minimum atomic E-state index is -1.05. The Hall–Kier alpha value is -3.40. The lowest BCUT2D eigenvalue weighted by Gasteiger charge is -2.13. The highest BCUT2D eigenvalue weighted by Crippen LogP contribution is 2.19. The lowest BCUT2D eigenvalue weighted by molar-refractivity contribution is -0.141. The highest BCUT2D eigenvalue weighted by Gasteiger charge is 2.19. The van der Waals surface area contributed by atoms with E-state index in [0.29, 0.717) is 0 Å². The van der Waals surface area contributed by atoms with Crippen LogP contribution in [0.5, 0.6) is 0 Å². The molecule has 0 bridgehead atoms. The molecule has 3 aromatic carbocycles. The summed E-state index contributed by atoms with van der Waals surface area (Å²) in [7, 11) is 0. The normalized spacial score (nSPS) is 12.2. The molecule has 0 aromatic heterocycles. The Morgan fingerprint density at radius 2 is 1.62 bits per heavy atom. The number of carbonyl (C=O) groups is 2. The topological polar surface area (TPSA) is 66.4 Å². The molecule has 26 heavy (non-hydrogen) atoms. The number of amides is 1. The minimum Gasteiger partial charge on any atom is -0.480 e. The van der Waals surface area contributed by atoms with Crippen molar-refractivity contribution < 1.29 is 14.7 Å². The van der Waals surface area contributed by atoms with Crippen molar-refractivity contribution in [3.63, 3.8) is 0 Å². The van der Waals surface area contributed by atoms with Crippen LogP contribution in [-0.2, 0) is 16.0 Å². The second-order valence-electron chi connectivity index (χ2n) is 5.99. The monoisotopic (exact) mass is 345 g/mol. The summed E-state index contributed by atoms with van der Waals surface area (Å²) < 4.78 is 0. The van der Waals surface area contributed by atoms with Gasteiger partial charge in [-0.3, -0.25) is 4.79 Å². The molecular formula is C22H19NO3. The highest BCUT2D eigenvalue weighted by atomic mass is 16.4. The van der Waals surface area contributed by atoms with Crippen molar-refractivity contribution in [2.75, 3.05) is 0 Å². The van der Waals surface area contributed by atoms with Gasteiger partial charge in [0, 0.05) is 12.5 Å². The summed E-state index contributed by atoms with van der Waals surface area (Å²) in [6.45, 7) is 0. The fraction of sp³-hybridized carbons (Fsp3) is 0.0909. The quantitative estimate of drug-likeness (QED) is 0.670. The predicted molar refractivity (Wildman–Crippen MR) is 103 cm³/mol. The van der Waals surface area contributed by atoms with E-state index in [9.17, 15) is 14.7 Å². The first-order valence-corrected chi connectivity index (χ1v) is 8.36. The van der Waals surface area contributed by atoms with Gasteiger partial charge in [0.2, 0.25) is 5.91 Å². The minimum absolute atomic E-state index is 0.240. The van der Waals surface area contributed by atoms with E-state index in [-0.39, 0.29) is 6.42 Å². The number of aliphatic carboxylic acids is 1. The first-order chi connectivity index (χ1) is 12.6. The number of rotatable bonds is 6. The van der Waals surface area contributed by atoms with Crippen LogP contribution in [0.15, 0.2) is 78.9 Å². The Labute approximate surface area is 151 Å². The third-order valence-corrected chi connectivity index (χ3v) is 4.13. The van der Waals surface area contributed by atoms with E-state index in [2.05, 4.69) is 5.32 Å². The molecular weight excluding hydrogens is 326 g/mol. The molecule has 130 valence electrons. The van der Waals surface area contributed by atoms with Gasteiger partial charge < -0.3 is 10.4 Å². The number of fused-ring (bicyclic) bond motifs is 1. The average Bonchev–Trinajstić information content (AvgIpc) is 2.66. The standard InChI is InChI=1S/C22H19NO3/c24-21(23-20(22(25)26)15-16-7-2-1-3-8-16)14-13-18-11-6-10-17-9-4-5-12-19(17)18/h1-14,20H,15H2,(H,23,24)(H,25,26)/b14-13+. The molecule has 0 saturated heterocycles. The van der Waals surface area contributed by atoms with Crippen molar-refractivity contribution in [3.8, 4) is 0 Å². The summed E-state index contributed by atoms with van der Waals surface area (Å²) in [5.74, 6) is -1.48. The molecule has 1 atom stereocenters. The van der Waals surface area contributed by atoms with Crippen LogP contribution in [0.25, 0.3) is 16.8 Å². The maximum absolute atomic E-state index is 12.2. The molecule has 1 unspecified atom stereocenters. The zero-order chi connectivity index (χ0) is 18.4. The highest BCUT2D eigenvalue weighted by molar-refractivity contribution is 5.98. The van der Waals surface area contributed by atoms with Gasteiger partial charge in [0.05, 0.1) is 0 Å². The Morgan fingerprint density at radius 3 is 2.38 bits per heavy atom. The Morgan fingerprint density at radius 1 is 0.923 bits per heavy atom. The molecule has 3 rings (SSSR count). The molecule has 0 radical (unpaired) electrons. The van der Waals surface area contributed by atoms with Gasteiger partial charge >= 0.3 is 5.97 Å². The number of nitrogens with one attached hydrogen (secondary N) is 1. The van der Waals surface area contributed by atoms with Crippen molar-refractivity contribution in [3.05, 3.63) is 90.0 Å². The van der Waals surface area contributed by atoms with E-state index in [0.717, 1.165) is 21.9 Å². The van der Waals surface area contributed by atoms with Crippen molar-refractivity contribution in [2.45, 2.75) is 12.5 Å². The summed E-state index contributed by atoms with van der Waals surface area (Å²) in [6, 6.07) is 22.0. The molecule has 4 heteroatoms. The third-order valence-electron chi connectivity index (χ3n) is 4.13. The fourth-order valence-electron chi connectivity index (χ4n) is 2.83. The summed E-state index contributed by atoms with van der Waals surface area (Å²) in [6.07, 6.45) is 3.33. The van der Waals surface area contributed by atoms with Crippen LogP contribution < -0.4 is 5.32 Å². The molecule has 2 N–H and O–H groups in total. The summed E-state index contributed by atoms with van der Waals surface area (Å²) in [5, 5.41) is 14.1. The maximum atomic E-state index is 12.2. The van der Waals surface area contributed by atoms with Gasteiger partial charge in [-0.25, -0.2) is 4.79 Å². The van der Waals surface area contributed by atoms with Gasteiger partial charge in [-0.1, -0.05) is 72.8 Å². The van der Waals surface area contributed by atoms with Gasteiger partial charge in [0.15, 0.2) is 0 Å². The van der Waals surface area contributed by atoms with Gasteiger partial charge in [-0.2, -0.15) is 0 Å². The number of carbonyl (C=O) groups excluding carboxylic acids is 1. The first-order valence-electron chi connectivity index (χ1n) is 8.36. The lowest BCUT2D eigenvalue weighted by Crippen LogP contribution is -2.41. The van der Waals surface area contributed by atoms with Gasteiger partial charge in [0.25, 0.3) is 0 Å². The third kappa shape index (κ3) is 4.36. The van der Waals surface area contributed by atoms with Crippen LogP contribution in [0.2, 0.25) is 0 Å². The predicted octanol–water partition coefficient (Wildman–Crippen LogP) is 3.67. The maximum Gasteiger partial charge on any atom is 0.326 e. The number of carboxylic acid groups (broad SMARTS) is 1. The van der Waals surface area contributed by atoms with E-state index < -0.39 is 17.9 Å². The van der Waals surface area contributed by atoms with Crippen LogP contribution in [0.3, 0.4) is 0 Å². The Kier molecular flexibility index (Phi) is 5.44. The number of hydrogen-bond acceptors (Lipinski definition) is 2. The molecule has 0 saturated carbocycles. The van der Waals surface area contributed by atoms with Crippen LogP contribution in [0.1, 0.15) is 11.1 Å². The smallest absolute Gasteiger partial charge is 0.326 e. The van der Waals surface area contributed by atoms with Crippen LogP contribution in [-0.4, -0.2) is 23.0 Å². The van der Waals surface area contributed by atoms with E-state index in [1.54, 1.807) is 6.08 Å². The zero-order valence-electron chi connectivity index (χ0n) is 14.1. The second-order valence-corrected chi connectivity index (χ2v) is 5.99. The summed E-state index contributed by atoms with van der Waals surface area (Å²) in [4.78, 5) is 23.6. The molecule has 0 aliphatic rings. The molecule has 0 spiro atoms. The van der Waals surface area contributed by atoms with Gasteiger partial charge in [-0.15, -0.1) is 0 Å². The van der Waals surface area contributed by atoms with E-state index in [1.807, 2.05) is 72.8 Å². The van der Waals surface area contributed by atoms with Crippen LogP contribution >= 0.6 is 0 Å². The van der Waals surface area contributed by atoms with Crippen molar-refractivity contribution in [2.24, 2.45) is 0 Å². The van der Waals surface area contributed by atoms with Crippen molar-refractivity contribution >= 4 is 28.7 Å². The Balaban J connectivity index is 1.72. The van der Waals surface area contributed by atoms with E-state index >= 15 is 0 Å². The van der Waals surface area contributed by atoms with Crippen LogP contribution in [0.4, 0.5) is 0 Å². The average molecular weight is 345 g/mol. The molecule has 4 nitrogen and oxygen atoms in total. The number of carboxylic acids is 1. The lowest BCUT2D eigenvalue weighted by atomic mass is 10.0. The Bertz CT molecular complexity index is 943. The van der Waals surface area contributed by atoms with Crippen molar-refractivity contribution in [1.29, 1.82) is 0 Å². The van der Waals surface area contributed by atoms with Crippen LogP contribution in [0, 0.1) is 0 Å². The molecule has 1 amide bonds. The van der Waals surface area contributed by atoms with E-state index in [1.165, 1.54) is 6.08 Å². The summed E-state index contributed by atoms with van der Waals surface area (Å²) >= 11 is 0. The molecule has 0 fully saturated rings. The zero-order valence-corrected chi connectivity index (χ0v) is 14.1. The SMILES string of the molecule is O=C(/C=C/c1cccc2ccccc12)NC(Cc1ccccc1)C(=O)O. The number of hydrogen-bond donors (Lipinski definition) is 2. The molecule has 0 heterocycles. The van der Waals surface area contributed by atoms with Crippen molar-refractivity contribution in [1.82, 2.24) is 5.32 Å². The second kappa shape index (κ2) is 8.12. The van der Waals surface area contributed by atoms with E-state index in [4.69, 9.17) is 0 Å². The molecule has 0 aliphatic carbocycles. The fourth-order valence-corrected chi connectivity index (χ4v) is 2.83. The van der Waals surface area contributed by atoms with Gasteiger partial charge in [-0.05, 0) is 28.0 Å². The summed E-state index contributed by atoms with van der Waals surface area (Å²) in [5.41, 5.74) is 1.77. The first kappa shape index (κ1) is 17.4. The largest absolute Gasteiger partial charge is 0.480 e. The van der Waals surface area contributed by atoms with Gasteiger partial charge in [0.1, 0.15) is 6.04 Å². The molecule has 3 aromatic rings.